The van der Waals surface area contributed by atoms with Crippen LogP contribution in [-0.4, -0.2) is 26.3 Å². The van der Waals surface area contributed by atoms with Gasteiger partial charge in [0.1, 0.15) is 0 Å². The number of ether oxygens (including phenoxy) is 1. The van der Waals surface area contributed by atoms with E-state index < -0.39 is 0 Å². The lowest BCUT2D eigenvalue weighted by Crippen LogP contribution is -2.39. The third kappa shape index (κ3) is 4.26. The SMILES string of the molecule is CC1CCC(CNCC2(C)CCOCC2)CC1. The molecule has 0 aromatic carbocycles. The Balaban J connectivity index is 1.62. The lowest BCUT2D eigenvalue weighted by molar-refractivity contribution is 0.0235. The summed E-state index contributed by atoms with van der Waals surface area (Å²) in [6.45, 7) is 9.14. The summed E-state index contributed by atoms with van der Waals surface area (Å²) in [5.74, 6) is 1.91. The molecule has 0 bridgehead atoms. The van der Waals surface area contributed by atoms with Gasteiger partial charge in [-0.25, -0.2) is 0 Å². The fourth-order valence-electron chi connectivity index (χ4n) is 3.15. The van der Waals surface area contributed by atoms with Crippen LogP contribution in [0.2, 0.25) is 0 Å². The van der Waals surface area contributed by atoms with Gasteiger partial charge in [0.2, 0.25) is 0 Å². The van der Waals surface area contributed by atoms with E-state index in [4.69, 9.17) is 4.74 Å². The van der Waals surface area contributed by atoms with Gasteiger partial charge in [-0.3, -0.25) is 0 Å². The average molecular weight is 239 g/mol. The third-order valence-corrected chi connectivity index (χ3v) is 4.82. The van der Waals surface area contributed by atoms with Gasteiger partial charge in [-0.05, 0) is 49.5 Å². The minimum Gasteiger partial charge on any atom is -0.381 e. The Morgan fingerprint density at radius 2 is 1.76 bits per heavy atom. The molecule has 2 rings (SSSR count). The molecule has 2 fully saturated rings. The van der Waals surface area contributed by atoms with Crippen LogP contribution in [0.5, 0.6) is 0 Å². The molecule has 2 aliphatic rings. The van der Waals surface area contributed by atoms with Gasteiger partial charge in [0.25, 0.3) is 0 Å². The van der Waals surface area contributed by atoms with E-state index in [0.29, 0.717) is 5.41 Å². The molecule has 1 aliphatic heterocycles. The van der Waals surface area contributed by atoms with Crippen molar-refractivity contribution < 1.29 is 4.74 Å². The van der Waals surface area contributed by atoms with Crippen molar-refractivity contribution in [2.75, 3.05) is 26.3 Å². The first-order chi connectivity index (χ1) is 8.18. The second kappa shape index (κ2) is 6.19. The van der Waals surface area contributed by atoms with E-state index in [0.717, 1.165) is 25.0 Å². The quantitative estimate of drug-likeness (QED) is 0.813. The minimum atomic E-state index is 0.486. The highest BCUT2D eigenvalue weighted by Gasteiger charge is 2.27. The molecule has 0 radical (unpaired) electrons. The molecule has 0 unspecified atom stereocenters. The van der Waals surface area contributed by atoms with Crippen molar-refractivity contribution in [3.63, 3.8) is 0 Å². The molecule has 17 heavy (non-hydrogen) atoms. The van der Waals surface area contributed by atoms with Crippen LogP contribution in [0.1, 0.15) is 52.4 Å². The van der Waals surface area contributed by atoms with Crippen molar-refractivity contribution in [1.29, 1.82) is 0 Å². The summed E-state index contributed by atoms with van der Waals surface area (Å²) >= 11 is 0. The lowest BCUT2D eigenvalue weighted by Gasteiger charge is -2.35. The Bertz CT molecular complexity index is 215. The maximum absolute atomic E-state index is 5.45. The van der Waals surface area contributed by atoms with Crippen LogP contribution in [0.15, 0.2) is 0 Å². The summed E-state index contributed by atoms with van der Waals surface area (Å²) in [7, 11) is 0. The van der Waals surface area contributed by atoms with Gasteiger partial charge in [0.15, 0.2) is 0 Å². The number of hydrogen-bond acceptors (Lipinski definition) is 2. The fourth-order valence-corrected chi connectivity index (χ4v) is 3.15. The third-order valence-electron chi connectivity index (χ3n) is 4.82. The minimum absolute atomic E-state index is 0.486. The Kier molecular flexibility index (Phi) is 4.87. The second-order valence-corrected chi connectivity index (χ2v) is 6.68. The first kappa shape index (κ1) is 13.4. The highest BCUT2D eigenvalue weighted by atomic mass is 16.5. The van der Waals surface area contributed by atoms with E-state index in [2.05, 4.69) is 19.2 Å². The van der Waals surface area contributed by atoms with Gasteiger partial charge >= 0.3 is 0 Å². The van der Waals surface area contributed by atoms with E-state index in [1.165, 1.54) is 51.6 Å². The first-order valence-corrected chi connectivity index (χ1v) is 7.46. The molecule has 1 N–H and O–H groups in total. The van der Waals surface area contributed by atoms with Crippen LogP contribution < -0.4 is 5.32 Å². The molecule has 1 aliphatic carbocycles. The predicted molar refractivity (Wildman–Crippen MR) is 72.2 cm³/mol. The van der Waals surface area contributed by atoms with Gasteiger partial charge in [0.05, 0.1) is 0 Å². The van der Waals surface area contributed by atoms with Crippen molar-refractivity contribution >= 4 is 0 Å². The predicted octanol–water partition coefficient (Wildman–Crippen LogP) is 3.22. The van der Waals surface area contributed by atoms with Gasteiger partial charge in [0, 0.05) is 19.8 Å². The molecule has 0 amide bonds. The average Bonchev–Trinajstić information content (AvgIpc) is 2.32. The molecule has 100 valence electrons. The van der Waals surface area contributed by atoms with Crippen LogP contribution in [-0.2, 0) is 4.74 Å². The number of nitrogens with one attached hydrogen (secondary N) is 1. The van der Waals surface area contributed by atoms with Gasteiger partial charge in [-0.15, -0.1) is 0 Å². The maximum Gasteiger partial charge on any atom is 0.0471 e. The Morgan fingerprint density at radius 3 is 2.41 bits per heavy atom. The largest absolute Gasteiger partial charge is 0.381 e. The van der Waals surface area contributed by atoms with Crippen molar-refractivity contribution in [2.45, 2.75) is 52.4 Å². The summed E-state index contributed by atoms with van der Waals surface area (Å²) in [5, 5.41) is 3.72. The number of hydrogen-bond donors (Lipinski definition) is 1. The molecule has 1 saturated heterocycles. The summed E-state index contributed by atoms with van der Waals surface area (Å²) in [6.07, 6.45) is 8.21. The Morgan fingerprint density at radius 1 is 1.12 bits per heavy atom. The molecule has 0 aromatic heterocycles. The van der Waals surface area contributed by atoms with Crippen LogP contribution in [0.3, 0.4) is 0 Å². The van der Waals surface area contributed by atoms with Crippen molar-refractivity contribution in [3.05, 3.63) is 0 Å². The van der Waals surface area contributed by atoms with Crippen molar-refractivity contribution in [3.8, 4) is 0 Å². The standard InChI is InChI=1S/C15H29NO/c1-13-3-5-14(6-4-13)11-16-12-15(2)7-9-17-10-8-15/h13-14,16H,3-12H2,1-2H3. The van der Waals surface area contributed by atoms with E-state index in [1.54, 1.807) is 0 Å². The molecule has 0 aromatic rings. The topological polar surface area (TPSA) is 21.3 Å². The van der Waals surface area contributed by atoms with Crippen molar-refractivity contribution in [2.24, 2.45) is 17.3 Å². The van der Waals surface area contributed by atoms with Crippen LogP contribution in [0.25, 0.3) is 0 Å². The Labute approximate surface area is 107 Å². The van der Waals surface area contributed by atoms with E-state index in [-0.39, 0.29) is 0 Å². The summed E-state index contributed by atoms with van der Waals surface area (Å²) in [4.78, 5) is 0. The Hall–Kier alpha value is -0.0800. The summed E-state index contributed by atoms with van der Waals surface area (Å²) in [6, 6.07) is 0. The molecule has 2 nitrogen and oxygen atoms in total. The normalized spacial score (nSPS) is 33.5. The zero-order chi connectivity index (χ0) is 12.1. The molecule has 2 heteroatoms. The van der Waals surface area contributed by atoms with E-state index in [9.17, 15) is 0 Å². The van der Waals surface area contributed by atoms with Gasteiger partial charge < -0.3 is 10.1 Å². The summed E-state index contributed by atoms with van der Waals surface area (Å²) in [5.41, 5.74) is 0.486. The molecule has 0 spiro atoms. The van der Waals surface area contributed by atoms with Gasteiger partial charge in [-0.1, -0.05) is 26.7 Å². The molecule has 0 atom stereocenters. The monoisotopic (exact) mass is 239 g/mol. The van der Waals surface area contributed by atoms with Crippen LogP contribution >= 0.6 is 0 Å². The fraction of sp³-hybridized carbons (Fsp3) is 1.00. The lowest BCUT2D eigenvalue weighted by atomic mass is 9.81. The highest BCUT2D eigenvalue weighted by molar-refractivity contribution is 4.80. The highest BCUT2D eigenvalue weighted by Crippen LogP contribution is 2.30. The van der Waals surface area contributed by atoms with Crippen LogP contribution in [0, 0.1) is 17.3 Å². The number of rotatable bonds is 4. The molecular formula is C15H29NO. The summed E-state index contributed by atoms with van der Waals surface area (Å²) < 4.78 is 5.45. The smallest absolute Gasteiger partial charge is 0.0471 e. The second-order valence-electron chi connectivity index (χ2n) is 6.68. The van der Waals surface area contributed by atoms with Crippen molar-refractivity contribution in [1.82, 2.24) is 5.32 Å². The zero-order valence-electron chi connectivity index (χ0n) is 11.6. The van der Waals surface area contributed by atoms with Crippen LogP contribution in [0.4, 0.5) is 0 Å². The first-order valence-electron chi connectivity index (χ1n) is 7.46. The van der Waals surface area contributed by atoms with E-state index >= 15 is 0 Å². The molecule has 1 heterocycles. The van der Waals surface area contributed by atoms with Gasteiger partial charge in [-0.2, -0.15) is 0 Å². The molecule has 1 saturated carbocycles. The zero-order valence-corrected chi connectivity index (χ0v) is 11.6. The maximum atomic E-state index is 5.45. The van der Waals surface area contributed by atoms with E-state index in [1.807, 2.05) is 0 Å². The molecular weight excluding hydrogens is 210 g/mol.